The molecule has 0 aliphatic carbocycles. The number of aliphatic hydroxyl groups is 1. The Labute approximate surface area is 121 Å². The quantitative estimate of drug-likeness (QED) is 0.806. The van der Waals surface area contributed by atoms with E-state index in [1.807, 2.05) is 6.07 Å². The Hall–Kier alpha value is -2.66. The van der Waals surface area contributed by atoms with Gasteiger partial charge in [-0.25, -0.2) is 4.79 Å². The van der Waals surface area contributed by atoms with Gasteiger partial charge in [-0.05, 0) is 30.7 Å². The summed E-state index contributed by atoms with van der Waals surface area (Å²) >= 11 is 0. The fourth-order valence-electron chi connectivity index (χ4n) is 2.07. The molecule has 1 atom stereocenters. The average molecular weight is 285 g/mol. The molecule has 3 N–H and O–H groups in total. The molecule has 1 amide bonds. The van der Waals surface area contributed by atoms with Crippen LogP contribution in [0.2, 0.25) is 0 Å². The van der Waals surface area contributed by atoms with Gasteiger partial charge in [0, 0.05) is 5.69 Å². The lowest BCUT2D eigenvalue weighted by Gasteiger charge is -2.14. The Balaban J connectivity index is 2.45. The Morgan fingerprint density at radius 2 is 1.71 bits per heavy atom. The summed E-state index contributed by atoms with van der Waals surface area (Å²) in [6, 6.07) is 13.1. The number of carbonyl (C=O) groups excluding carboxylic acids is 1. The molecular formula is C16H15NO4. The second-order valence-corrected chi connectivity index (χ2v) is 4.57. The Kier molecular flexibility index (Phi) is 4.35. The number of para-hydroxylation sites is 1. The fourth-order valence-corrected chi connectivity index (χ4v) is 2.07. The molecule has 0 saturated heterocycles. The number of carboxylic acid groups (broad SMARTS) is 1. The zero-order valence-electron chi connectivity index (χ0n) is 11.4. The van der Waals surface area contributed by atoms with E-state index in [4.69, 9.17) is 0 Å². The molecule has 0 bridgehead atoms. The molecule has 21 heavy (non-hydrogen) atoms. The van der Waals surface area contributed by atoms with Crippen LogP contribution in [0.4, 0.5) is 5.69 Å². The highest BCUT2D eigenvalue weighted by Gasteiger charge is 2.22. The summed E-state index contributed by atoms with van der Waals surface area (Å²) in [4.78, 5) is 23.7. The van der Waals surface area contributed by atoms with Gasteiger partial charge in [0.2, 0.25) is 0 Å². The highest BCUT2D eigenvalue weighted by Crippen LogP contribution is 2.23. The van der Waals surface area contributed by atoms with Crippen molar-refractivity contribution in [1.29, 1.82) is 0 Å². The summed E-state index contributed by atoms with van der Waals surface area (Å²) in [6.07, 6.45) is -0.944. The minimum absolute atomic E-state index is 0.0242. The number of hydrogen-bond donors (Lipinski definition) is 3. The number of rotatable bonds is 4. The van der Waals surface area contributed by atoms with E-state index in [-0.39, 0.29) is 16.7 Å². The van der Waals surface area contributed by atoms with Crippen molar-refractivity contribution >= 4 is 17.6 Å². The number of anilines is 1. The number of benzene rings is 2. The van der Waals surface area contributed by atoms with Gasteiger partial charge in [-0.2, -0.15) is 0 Å². The van der Waals surface area contributed by atoms with Crippen LogP contribution in [0, 0.1) is 0 Å². The number of carbonyl (C=O) groups is 2. The van der Waals surface area contributed by atoms with Crippen LogP contribution < -0.4 is 5.32 Å². The number of nitrogens with one attached hydrogen (secondary N) is 1. The molecule has 2 aromatic rings. The number of aromatic carboxylic acids is 1. The SMILES string of the molecule is CC(O)c1cccc(C(=O)O)c1C(=O)Nc1ccccc1. The van der Waals surface area contributed by atoms with E-state index in [1.165, 1.54) is 25.1 Å². The maximum Gasteiger partial charge on any atom is 0.336 e. The van der Waals surface area contributed by atoms with Gasteiger partial charge in [0.05, 0.1) is 17.2 Å². The van der Waals surface area contributed by atoms with Crippen LogP contribution in [0.15, 0.2) is 48.5 Å². The second-order valence-electron chi connectivity index (χ2n) is 4.57. The van der Waals surface area contributed by atoms with Crippen molar-refractivity contribution in [2.24, 2.45) is 0 Å². The lowest BCUT2D eigenvalue weighted by molar-refractivity contribution is 0.0692. The minimum Gasteiger partial charge on any atom is -0.478 e. The zero-order valence-corrected chi connectivity index (χ0v) is 11.4. The van der Waals surface area contributed by atoms with Crippen molar-refractivity contribution < 1.29 is 19.8 Å². The van der Waals surface area contributed by atoms with Crippen LogP contribution in [-0.4, -0.2) is 22.1 Å². The number of amides is 1. The summed E-state index contributed by atoms with van der Waals surface area (Å²) in [7, 11) is 0. The minimum atomic E-state index is -1.21. The maximum absolute atomic E-state index is 12.4. The summed E-state index contributed by atoms with van der Waals surface area (Å²) in [5.74, 6) is -1.77. The van der Waals surface area contributed by atoms with Crippen LogP contribution >= 0.6 is 0 Å². The summed E-state index contributed by atoms with van der Waals surface area (Å²) < 4.78 is 0. The molecule has 0 spiro atoms. The Morgan fingerprint density at radius 1 is 1.05 bits per heavy atom. The van der Waals surface area contributed by atoms with Crippen LogP contribution in [-0.2, 0) is 0 Å². The normalized spacial score (nSPS) is 11.7. The van der Waals surface area contributed by atoms with Gasteiger partial charge in [0.15, 0.2) is 0 Å². The summed E-state index contributed by atoms with van der Waals surface area (Å²) in [6.45, 7) is 1.49. The predicted octanol–water partition coefficient (Wildman–Crippen LogP) is 2.69. The molecule has 0 aliphatic heterocycles. The molecule has 2 rings (SSSR count). The van der Waals surface area contributed by atoms with Crippen molar-refractivity contribution in [3.05, 3.63) is 65.2 Å². The average Bonchev–Trinajstić information content (AvgIpc) is 2.47. The molecule has 108 valence electrons. The molecule has 0 heterocycles. The van der Waals surface area contributed by atoms with Crippen LogP contribution in [0.1, 0.15) is 39.3 Å². The monoisotopic (exact) mass is 285 g/mol. The van der Waals surface area contributed by atoms with E-state index in [2.05, 4.69) is 5.32 Å². The molecule has 0 aliphatic rings. The summed E-state index contributed by atoms with van der Waals surface area (Å²) in [5.41, 5.74) is 0.674. The fraction of sp³-hybridized carbons (Fsp3) is 0.125. The molecule has 5 heteroatoms. The van der Waals surface area contributed by atoms with E-state index < -0.39 is 18.0 Å². The molecule has 0 saturated carbocycles. The van der Waals surface area contributed by atoms with E-state index >= 15 is 0 Å². The Bertz CT molecular complexity index is 665. The van der Waals surface area contributed by atoms with Crippen molar-refractivity contribution in [2.45, 2.75) is 13.0 Å². The second kappa shape index (κ2) is 6.19. The smallest absolute Gasteiger partial charge is 0.336 e. The molecule has 1 unspecified atom stereocenters. The van der Waals surface area contributed by atoms with Crippen molar-refractivity contribution in [3.8, 4) is 0 Å². The standard InChI is InChI=1S/C16H15NO4/c1-10(18)12-8-5-9-13(16(20)21)14(12)15(19)17-11-6-3-2-4-7-11/h2-10,18H,1H3,(H,17,19)(H,20,21). The summed E-state index contributed by atoms with van der Waals surface area (Å²) in [5, 5.41) is 21.6. The first kappa shape index (κ1) is 14.7. The maximum atomic E-state index is 12.4. The topological polar surface area (TPSA) is 86.6 Å². The third-order valence-corrected chi connectivity index (χ3v) is 3.04. The highest BCUT2D eigenvalue weighted by molar-refractivity contribution is 6.11. The van der Waals surface area contributed by atoms with Gasteiger partial charge in [0.25, 0.3) is 5.91 Å². The van der Waals surface area contributed by atoms with Crippen molar-refractivity contribution in [1.82, 2.24) is 0 Å². The van der Waals surface area contributed by atoms with Gasteiger partial charge < -0.3 is 15.5 Å². The van der Waals surface area contributed by atoms with Crippen LogP contribution in [0.5, 0.6) is 0 Å². The van der Waals surface area contributed by atoms with Crippen LogP contribution in [0.25, 0.3) is 0 Å². The largest absolute Gasteiger partial charge is 0.478 e. The first-order valence-electron chi connectivity index (χ1n) is 6.41. The molecule has 0 fully saturated rings. The molecule has 5 nitrogen and oxygen atoms in total. The van der Waals surface area contributed by atoms with E-state index in [0.717, 1.165) is 0 Å². The lowest BCUT2D eigenvalue weighted by Crippen LogP contribution is -2.19. The molecule has 0 aromatic heterocycles. The van der Waals surface area contributed by atoms with Gasteiger partial charge in [-0.15, -0.1) is 0 Å². The van der Waals surface area contributed by atoms with Crippen LogP contribution in [0.3, 0.4) is 0 Å². The molecular weight excluding hydrogens is 270 g/mol. The van der Waals surface area contributed by atoms with E-state index in [0.29, 0.717) is 5.69 Å². The molecule has 0 radical (unpaired) electrons. The van der Waals surface area contributed by atoms with Gasteiger partial charge in [-0.1, -0.05) is 30.3 Å². The van der Waals surface area contributed by atoms with E-state index in [9.17, 15) is 19.8 Å². The van der Waals surface area contributed by atoms with Gasteiger partial charge in [0.1, 0.15) is 0 Å². The first-order chi connectivity index (χ1) is 10.0. The predicted molar refractivity (Wildman–Crippen MR) is 78.4 cm³/mol. The third kappa shape index (κ3) is 3.27. The first-order valence-corrected chi connectivity index (χ1v) is 6.41. The number of carboxylic acids is 1. The van der Waals surface area contributed by atoms with E-state index in [1.54, 1.807) is 24.3 Å². The van der Waals surface area contributed by atoms with Gasteiger partial charge >= 0.3 is 5.97 Å². The van der Waals surface area contributed by atoms with Crippen molar-refractivity contribution in [2.75, 3.05) is 5.32 Å². The Morgan fingerprint density at radius 3 is 2.29 bits per heavy atom. The number of hydrogen-bond acceptors (Lipinski definition) is 3. The van der Waals surface area contributed by atoms with Gasteiger partial charge in [-0.3, -0.25) is 4.79 Å². The third-order valence-electron chi connectivity index (χ3n) is 3.04. The number of aliphatic hydroxyl groups excluding tert-OH is 1. The molecule has 2 aromatic carbocycles. The highest BCUT2D eigenvalue weighted by atomic mass is 16.4. The zero-order chi connectivity index (χ0) is 15.4. The lowest BCUT2D eigenvalue weighted by atomic mass is 9.97. The van der Waals surface area contributed by atoms with Crippen molar-refractivity contribution in [3.63, 3.8) is 0 Å².